The van der Waals surface area contributed by atoms with Crippen molar-refractivity contribution >= 4 is 22.8 Å². The monoisotopic (exact) mass is 573 g/mol. The van der Waals surface area contributed by atoms with Gasteiger partial charge in [-0.15, -0.1) is 0 Å². The van der Waals surface area contributed by atoms with Crippen molar-refractivity contribution in [2.45, 2.75) is 46.1 Å². The van der Waals surface area contributed by atoms with Crippen LogP contribution in [0.2, 0.25) is 0 Å². The molecule has 1 amide bonds. The van der Waals surface area contributed by atoms with Gasteiger partial charge in [-0.1, -0.05) is 44.7 Å². The molecular weight excluding hydrogens is 540 g/mol. The number of amides is 1. The Balaban J connectivity index is 1.86. The average molecular weight is 574 g/mol. The summed E-state index contributed by atoms with van der Waals surface area (Å²) in [5.74, 6) is -2.20. The number of aromatic nitrogens is 3. The van der Waals surface area contributed by atoms with Crippen LogP contribution >= 0.6 is 0 Å². The normalized spacial score (nSPS) is 15.0. The molecular formula is C32H33F2N5O3. The summed E-state index contributed by atoms with van der Waals surface area (Å²) in [5, 5.41) is 10.7. The standard InChI is InChI=1S/C32H33F2N5O3/c1-7-25(41)37-14-15-38(32(5,6)17-37)29-21-16-23(34)27(26-22(33)12-9-13-24(26)40)35-30(21)39(31(42)36-29)28-19(4)10-8-11-20(28)18(2)3/h7-13,16,18,40H,1,14-15,17H2,2-6H3. The van der Waals surface area contributed by atoms with Gasteiger partial charge in [-0.25, -0.2) is 23.1 Å². The average Bonchev–Trinajstić information content (AvgIpc) is 2.92. The quantitative estimate of drug-likeness (QED) is 0.318. The maximum Gasteiger partial charge on any atom is 0.355 e. The van der Waals surface area contributed by atoms with E-state index in [2.05, 4.69) is 16.5 Å². The molecule has 0 saturated carbocycles. The van der Waals surface area contributed by atoms with Crippen LogP contribution in [0.25, 0.3) is 28.0 Å². The third-order valence-corrected chi connectivity index (χ3v) is 7.79. The molecule has 1 aliphatic rings. The first-order valence-corrected chi connectivity index (χ1v) is 13.8. The van der Waals surface area contributed by atoms with Crippen molar-refractivity contribution < 1.29 is 18.7 Å². The van der Waals surface area contributed by atoms with Crippen LogP contribution in [0, 0.1) is 18.6 Å². The number of para-hydroxylation sites is 1. The van der Waals surface area contributed by atoms with E-state index >= 15 is 4.39 Å². The fourth-order valence-electron chi connectivity index (χ4n) is 5.75. The van der Waals surface area contributed by atoms with Gasteiger partial charge >= 0.3 is 5.69 Å². The minimum Gasteiger partial charge on any atom is -0.507 e. The number of pyridine rings is 1. The minimum atomic E-state index is -0.886. The number of aromatic hydroxyl groups is 1. The molecule has 2 aromatic heterocycles. The van der Waals surface area contributed by atoms with Crippen LogP contribution in [0.5, 0.6) is 5.75 Å². The minimum absolute atomic E-state index is 0.0199. The molecule has 0 atom stereocenters. The molecule has 1 fully saturated rings. The summed E-state index contributed by atoms with van der Waals surface area (Å²) >= 11 is 0. The number of aryl methyl sites for hydroxylation is 1. The van der Waals surface area contributed by atoms with Gasteiger partial charge in [-0.05, 0) is 62.1 Å². The maximum atomic E-state index is 15.9. The Labute approximate surface area is 242 Å². The van der Waals surface area contributed by atoms with Gasteiger partial charge in [0, 0.05) is 19.6 Å². The predicted octanol–water partition coefficient (Wildman–Crippen LogP) is 5.48. The molecule has 2 aromatic carbocycles. The summed E-state index contributed by atoms with van der Waals surface area (Å²) in [6.45, 7) is 14.2. The second-order valence-corrected chi connectivity index (χ2v) is 11.5. The van der Waals surface area contributed by atoms with Crippen LogP contribution in [-0.2, 0) is 4.79 Å². The Morgan fingerprint density at radius 1 is 1.10 bits per heavy atom. The van der Waals surface area contributed by atoms with Crippen LogP contribution in [0.1, 0.15) is 44.7 Å². The second kappa shape index (κ2) is 10.7. The second-order valence-electron chi connectivity index (χ2n) is 11.5. The number of hydrogen-bond donors (Lipinski definition) is 1. The number of carbonyl (C=O) groups is 1. The van der Waals surface area contributed by atoms with E-state index in [0.717, 1.165) is 17.2 Å². The van der Waals surface area contributed by atoms with Crippen molar-refractivity contribution in [1.82, 2.24) is 19.4 Å². The Kier molecular flexibility index (Phi) is 7.34. The SMILES string of the molecule is C=CC(=O)N1CCN(c2nc(=O)n(-c3c(C)cccc3C(C)C)c3nc(-c4c(O)cccc4F)c(F)cc23)C(C)(C)C1. The summed E-state index contributed by atoms with van der Waals surface area (Å²) in [7, 11) is 0. The lowest BCUT2D eigenvalue weighted by molar-refractivity contribution is -0.127. The molecule has 42 heavy (non-hydrogen) atoms. The third-order valence-electron chi connectivity index (χ3n) is 7.79. The zero-order valence-corrected chi connectivity index (χ0v) is 24.3. The van der Waals surface area contributed by atoms with Crippen LogP contribution in [0.4, 0.5) is 14.6 Å². The molecule has 0 unspecified atom stereocenters. The van der Waals surface area contributed by atoms with Crippen LogP contribution < -0.4 is 10.6 Å². The molecule has 218 valence electrons. The Morgan fingerprint density at radius 2 is 1.81 bits per heavy atom. The largest absolute Gasteiger partial charge is 0.507 e. The van der Waals surface area contributed by atoms with Gasteiger partial charge in [-0.3, -0.25) is 4.79 Å². The van der Waals surface area contributed by atoms with Gasteiger partial charge in [-0.2, -0.15) is 4.98 Å². The molecule has 0 aliphatic carbocycles. The number of carbonyl (C=O) groups excluding carboxylic acids is 1. The Hall–Kier alpha value is -4.60. The van der Waals surface area contributed by atoms with Crippen LogP contribution in [-0.4, -0.2) is 55.6 Å². The number of benzene rings is 2. The topological polar surface area (TPSA) is 91.6 Å². The first-order valence-electron chi connectivity index (χ1n) is 13.8. The number of nitrogens with zero attached hydrogens (tertiary/aromatic N) is 5. The van der Waals surface area contributed by atoms with E-state index in [1.807, 2.05) is 57.7 Å². The van der Waals surface area contributed by atoms with E-state index in [4.69, 9.17) is 0 Å². The van der Waals surface area contributed by atoms with Crippen molar-refractivity contribution in [2.75, 3.05) is 24.5 Å². The summed E-state index contributed by atoms with van der Waals surface area (Å²) < 4.78 is 32.2. The molecule has 1 saturated heterocycles. The summed E-state index contributed by atoms with van der Waals surface area (Å²) in [6.07, 6.45) is 1.26. The molecule has 0 radical (unpaired) electrons. The van der Waals surface area contributed by atoms with Crippen molar-refractivity contribution in [3.05, 3.63) is 88.4 Å². The maximum absolute atomic E-state index is 15.9. The smallest absolute Gasteiger partial charge is 0.355 e. The number of hydrogen-bond acceptors (Lipinski definition) is 6. The molecule has 10 heteroatoms. The number of anilines is 1. The molecule has 3 heterocycles. The molecule has 1 aliphatic heterocycles. The highest BCUT2D eigenvalue weighted by molar-refractivity contribution is 5.92. The highest BCUT2D eigenvalue weighted by Gasteiger charge is 2.38. The highest BCUT2D eigenvalue weighted by atomic mass is 19.1. The van der Waals surface area contributed by atoms with Crippen molar-refractivity contribution in [3.8, 4) is 22.7 Å². The first kappa shape index (κ1) is 28.9. The van der Waals surface area contributed by atoms with Gasteiger partial charge < -0.3 is 14.9 Å². The van der Waals surface area contributed by atoms with Crippen LogP contribution in [0.3, 0.4) is 0 Å². The van der Waals surface area contributed by atoms with Gasteiger partial charge in [0.05, 0.1) is 22.2 Å². The fourth-order valence-corrected chi connectivity index (χ4v) is 5.75. The van der Waals surface area contributed by atoms with E-state index in [-0.39, 0.29) is 28.7 Å². The summed E-state index contributed by atoms with van der Waals surface area (Å²) in [5.41, 5.74) is 0.0928. The van der Waals surface area contributed by atoms with E-state index in [1.54, 1.807) is 4.90 Å². The lowest BCUT2D eigenvalue weighted by Gasteiger charge is -2.47. The number of phenols is 1. The van der Waals surface area contributed by atoms with Crippen molar-refractivity contribution in [3.63, 3.8) is 0 Å². The fraction of sp³-hybridized carbons (Fsp3) is 0.312. The zero-order chi connectivity index (χ0) is 30.5. The highest BCUT2D eigenvalue weighted by Crippen LogP contribution is 2.38. The number of fused-ring (bicyclic) bond motifs is 1. The predicted molar refractivity (Wildman–Crippen MR) is 159 cm³/mol. The van der Waals surface area contributed by atoms with Gasteiger partial charge in [0.1, 0.15) is 23.1 Å². The van der Waals surface area contributed by atoms with Crippen molar-refractivity contribution in [1.29, 1.82) is 0 Å². The molecule has 5 rings (SSSR count). The third kappa shape index (κ3) is 4.80. The Bertz CT molecular complexity index is 1780. The van der Waals surface area contributed by atoms with Crippen molar-refractivity contribution in [2.24, 2.45) is 0 Å². The van der Waals surface area contributed by atoms with Crippen LogP contribution in [0.15, 0.2) is 59.9 Å². The van der Waals surface area contributed by atoms with E-state index in [1.165, 1.54) is 28.8 Å². The summed E-state index contributed by atoms with van der Waals surface area (Å²) in [4.78, 5) is 38.9. The lowest BCUT2D eigenvalue weighted by Crippen LogP contribution is -2.61. The van der Waals surface area contributed by atoms with Gasteiger partial charge in [0.15, 0.2) is 11.5 Å². The van der Waals surface area contributed by atoms with E-state index < -0.39 is 39.9 Å². The van der Waals surface area contributed by atoms with Gasteiger partial charge in [0.2, 0.25) is 5.91 Å². The number of halogens is 2. The van der Waals surface area contributed by atoms with E-state index in [9.17, 15) is 19.1 Å². The molecule has 8 nitrogen and oxygen atoms in total. The lowest BCUT2D eigenvalue weighted by atomic mass is 9.97. The summed E-state index contributed by atoms with van der Waals surface area (Å²) in [6, 6.07) is 10.5. The number of piperazine rings is 1. The molecule has 1 N–H and O–H groups in total. The van der Waals surface area contributed by atoms with E-state index in [0.29, 0.717) is 25.3 Å². The number of phenolic OH excluding ortho intramolecular Hbond substituents is 1. The molecule has 0 bridgehead atoms. The zero-order valence-electron chi connectivity index (χ0n) is 24.3. The van der Waals surface area contributed by atoms with Gasteiger partial charge in [0.25, 0.3) is 0 Å². The molecule has 4 aromatic rings. The first-order chi connectivity index (χ1) is 19.9. The molecule has 0 spiro atoms. The number of rotatable bonds is 5. The Morgan fingerprint density at radius 3 is 2.45 bits per heavy atom.